The maximum Gasteiger partial charge on any atom is 0.221 e. The lowest BCUT2D eigenvalue weighted by Crippen LogP contribution is -2.27. The summed E-state index contributed by atoms with van der Waals surface area (Å²) in [5.41, 5.74) is 10.2. The zero-order chi connectivity index (χ0) is 18.2. The van der Waals surface area contributed by atoms with Crippen molar-refractivity contribution in [3.8, 4) is 5.75 Å². The molecule has 0 saturated carbocycles. The number of nitrogens with two attached hydrogens (primary N) is 1. The van der Waals surface area contributed by atoms with E-state index in [0.717, 1.165) is 10.0 Å². The van der Waals surface area contributed by atoms with E-state index in [1.54, 1.807) is 24.3 Å². The smallest absolute Gasteiger partial charge is 0.221 e. The fraction of sp³-hybridized carbons (Fsp3) is 0.118. The number of nitrogens with one attached hydrogen (secondary N) is 2. The third-order valence-corrected chi connectivity index (χ3v) is 3.65. The first kappa shape index (κ1) is 18.9. The fourth-order valence-corrected chi connectivity index (χ4v) is 2.24. The van der Waals surface area contributed by atoms with Gasteiger partial charge >= 0.3 is 0 Å². The zero-order valence-electron chi connectivity index (χ0n) is 13.5. The monoisotopic (exact) mass is 420 g/mol. The lowest BCUT2D eigenvalue weighted by molar-refractivity contribution is -0.114. The lowest BCUT2D eigenvalue weighted by atomic mass is 10.1. The van der Waals surface area contributed by atoms with Gasteiger partial charge in [-0.3, -0.25) is 10.2 Å². The Kier molecular flexibility index (Phi) is 6.91. The number of rotatable bonds is 6. The largest absolute Gasteiger partial charge is 0.487 e. The topological polar surface area (TPSA) is 88.7 Å². The summed E-state index contributed by atoms with van der Waals surface area (Å²) in [6, 6.07) is 14.7. The van der Waals surface area contributed by atoms with Gasteiger partial charge in [0.2, 0.25) is 5.91 Å². The van der Waals surface area contributed by atoms with Crippen LogP contribution in [0.4, 0.5) is 5.69 Å². The maximum atomic E-state index is 11.0. The number of carbonyl (C=O) groups is 1. The molecule has 8 heteroatoms. The van der Waals surface area contributed by atoms with Crippen molar-refractivity contribution in [2.45, 2.75) is 6.92 Å². The Morgan fingerprint density at radius 2 is 1.84 bits per heavy atom. The summed E-state index contributed by atoms with van der Waals surface area (Å²) >= 11 is 8.19. The minimum absolute atomic E-state index is 0.0780. The van der Waals surface area contributed by atoms with Gasteiger partial charge in [0.25, 0.3) is 0 Å². The van der Waals surface area contributed by atoms with Crippen LogP contribution in [0.5, 0.6) is 5.75 Å². The second-order valence-corrected chi connectivity index (χ2v) is 6.39. The Morgan fingerprint density at radius 1 is 1.20 bits per heavy atom. The summed E-state index contributed by atoms with van der Waals surface area (Å²) in [6.45, 7) is 1.68. The molecule has 2 aromatic rings. The molecule has 0 aromatic heterocycles. The first-order chi connectivity index (χ1) is 11.9. The van der Waals surface area contributed by atoms with E-state index < -0.39 is 0 Å². The van der Waals surface area contributed by atoms with E-state index >= 15 is 0 Å². The third kappa shape index (κ3) is 6.52. The molecule has 25 heavy (non-hydrogen) atoms. The molecule has 2 rings (SSSR count). The number of thiocarbonyl (C=S) groups is 1. The molecule has 130 valence electrons. The molecule has 1 amide bonds. The lowest BCUT2D eigenvalue weighted by Gasteiger charge is -2.11. The molecule has 0 fully saturated rings. The van der Waals surface area contributed by atoms with Crippen molar-refractivity contribution in [2.75, 3.05) is 11.9 Å². The predicted octanol–water partition coefficient (Wildman–Crippen LogP) is 3.02. The van der Waals surface area contributed by atoms with Crippen molar-refractivity contribution < 1.29 is 9.53 Å². The Bertz CT molecular complexity index is 776. The van der Waals surface area contributed by atoms with E-state index in [1.807, 2.05) is 24.3 Å². The number of anilines is 1. The van der Waals surface area contributed by atoms with Gasteiger partial charge in [0.05, 0.1) is 0 Å². The number of benzene rings is 2. The normalized spacial score (nSPS) is 10.9. The highest BCUT2D eigenvalue weighted by Gasteiger charge is 2.06. The molecule has 0 unspecified atom stereocenters. The molecular formula is C17H17BrN4O2S. The van der Waals surface area contributed by atoms with Crippen molar-refractivity contribution in [1.82, 2.24) is 5.43 Å². The molecule has 0 aliphatic heterocycles. The zero-order valence-corrected chi connectivity index (χ0v) is 15.9. The highest BCUT2D eigenvalue weighted by molar-refractivity contribution is 9.10. The van der Waals surface area contributed by atoms with Gasteiger partial charge in [0.15, 0.2) is 5.11 Å². The molecule has 6 nitrogen and oxygen atoms in total. The van der Waals surface area contributed by atoms with E-state index in [9.17, 15) is 4.79 Å². The van der Waals surface area contributed by atoms with Crippen LogP contribution >= 0.6 is 28.1 Å². The first-order valence-electron chi connectivity index (χ1n) is 7.32. The highest BCUT2D eigenvalue weighted by Crippen LogP contribution is 2.17. The standard InChI is InChI=1S/C17H17BrN4O2S/c1-11(23)20-14-6-8-15(9-7-14)24-10-16(21-22-17(19)25)12-2-4-13(18)5-3-12/h2-9H,10H2,1H3,(H,20,23)(H3,19,22,25)/b21-16+. The van der Waals surface area contributed by atoms with Crippen LogP contribution < -0.4 is 21.2 Å². The summed E-state index contributed by atoms with van der Waals surface area (Å²) in [7, 11) is 0. The molecule has 0 bridgehead atoms. The second-order valence-electron chi connectivity index (χ2n) is 5.04. The minimum atomic E-state index is -0.123. The molecule has 0 heterocycles. The first-order valence-corrected chi connectivity index (χ1v) is 8.52. The number of hydrogen-bond donors (Lipinski definition) is 3. The van der Waals surface area contributed by atoms with E-state index in [0.29, 0.717) is 17.1 Å². The summed E-state index contributed by atoms with van der Waals surface area (Å²) in [5, 5.41) is 6.98. The van der Waals surface area contributed by atoms with Gasteiger partial charge in [-0.2, -0.15) is 5.10 Å². The molecule has 0 radical (unpaired) electrons. The molecule has 4 N–H and O–H groups in total. The third-order valence-electron chi connectivity index (χ3n) is 3.03. The molecule has 2 aromatic carbocycles. The van der Waals surface area contributed by atoms with Gasteiger partial charge in [-0.05, 0) is 48.6 Å². The fourth-order valence-electron chi connectivity index (χ4n) is 1.93. The van der Waals surface area contributed by atoms with Crippen molar-refractivity contribution in [3.63, 3.8) is 0 Å². The van der Waals surface area contributed by atoms with Crippen LogP contribution in [0.2, 0.25) is 0 Å². The van der Waals surface area contributed by atoms with Crippen LogP contribution in [0.3, 0.4) is 0 Å². The van der Waals surface area contributed by atoms with Crippen LogP contribution in [0.1, 0.15) is 12.5 Å². The van der Waals surface area contributed by atoms with E-state index in [2.05, 4.69) is 31.8 Å². The van der Waals surface area contributed by atoms with Gasteiger partial charge in [0, 0.05) is 22.6 Å². The van der Waals surface area contributed by atoms with Gasteiger partial charge in [0.1, 0.15) is 18.1 Å². The van der Waals surface area contributed by atoms with Gasteiger partial charge in [-0.1, -0.05) is 28.1 Å². The van der Waals surface area contributed by atoms with Gasteiger partial charge < -0.3 is 15.8 Å². The number of hydrazone groups is 1. The summed E-state index contributed by atoms with van der Waals surface area (Å²) in [6.07, 6.45) is 0. The highest BCUT2D eigenvalue weighted by atomic mass is 79.9. The molecule has 0 spiro atoms. The Labute approximate surface area is 159 Å². The molecule has 0 aliphatic carbocycles. The van der Waals surface area contributed by atoms with Gasteiger partial charge in [-0.15, -0.1) is 0 Å². The Hall–Kier alpha value is -2.45. The number of nitrogens with zero attached hydrogens (tertiary/aromatic N) is 1. The Balaban J connectivity index is 2.08. The van der Waals surface area contributed by atoms with Crippen LogP contribution in [0.25, 0.3) is 0 Å². The summed E-state index contributed by atoms with van der Waals surface area (Å²) < 4.78 is 6.73. The number of halogens is 1. The van der Waals surface area contributed by atoms with Crippen molar-refractivity contribution >= 4 is 50.6 Å². The second kappa shape index (κ2) is 9.14. The van der Waals surface area contributed by atoms with Crippen molar-refractivity contribution in [2.24, 2.45) is 10.8 Å². The molecule has 0 atom stereocenters. The average Bonchev–Trinajstić information content (AvgIpc) is 2.57. The molecule has 0 aliphatic rings. The van der Waals surface area contributed by atoms with Crippen molar-refractivity contribution in [1.29, 1.82) is 0 Å². The number of carbonyl (C=O) groups excluding carboxylic acids is 1. The minimum Gasteiger partial charge on any atom is -0.487 e. The van der Waals surface area contributed by atoms with Crippen LogP contribution in [0, 0.1) is 0 Å². The summed E-state index contributed by atoms with van der Waals surface area (Å²) in [4.78, 5) is 11.0. The van der Waals surface area contributed by atoms with E-state index in [-0.39, 0.29) is 17.6 Å². The van der Waals surface area contributed by atoms with Crippen LogP contribution in [-0.2, 0) is 4.79 Å². The Morgan fingerprint density at radius 3 is 2.40 bits per heavy atom. The van der Waals surface area contributed by atoms with Gasteiger partial charge in [-0.25, -0.2) is 0 Å². The maximum absolute atomic E-state index is 11.0. The SMILES string of the molecule is CC(=O)Nc1ccc(OC/C(=N\NC(N)=S)c2ccc(Br)cc2)cc1. The molecule has 0 saturated heterocycles. The van der Waals surface area contributed by atoms with Crippen LogP contribution in [0.15, 0.2) is 58.1 Å². The van der Waals surface area contributed by atoms with Crippen LogP contribution in [-0.4, -0.2) is 23.3 Å². The summed E-state index contributed by atoms with van der Waals surface area (Å²) in [5.74, 6) is 0.524. The predicted molar refractivity (Wildman–Crippen MR) is 107 cm³/mol. The van der Waals surface area contributed by atoms with Crippen molar-refractivity contribution in [3.05, 3.63) is 58.6 Å². The number of ether oxygens (including phenoxy) is 1. The number of hydrogen-bond acceptors (Lipinski definition) is 4. The quantitative estimate of drug-likeness (QED) is 0.379. The van der Waals surface area contributed by atoms with E-state index in [1.165, 1.54) is 6.92 Å². The average molecular weight is 421 g/mol. The molecular weight excluding hydrogens is 404 g/mol. The number of amides is 1. The van der Waals surface area contributed by atoms with E-state index in [4.69, 9.17) is 22.7 Å².